The van der Waals surface area contributed by atoms with Crippen LogP contribution in [-0.4, -0.2) is 87.5 Å². The third-order valence-corrected chi connectivity index (χ3v) is 19.3. The molecule has 8 heteroatoms. The van der Waals surface area contributed by atoms with Gasteiger partial charge in [-0.1, -0.05) is 0 Å². The first-order chi connectivity index (χ1) is 21.1. The topological polar surface area (TPSA) is 113 Å². The van der Waals surface area contributed by atoms with Crippen molar-refractivity contribution in [3.05, 3.63) is 125 Å². The fourth-order valence-electron chi connectivity index (χ4n) is 5.76. The summed E-state index contributed by atoms with van der Waals surface area (Å²) in [5, 5.41) is 42.4. The van der Waals surface area contributed by atoms with E-state index in [0.717, 1.165) is 11.1 Å². The molecular weight excluding hydrogens is 730 g/mol. The summed E-state index contributed by atoms with van der Waals surface area (Å²) in [6.07, 6.45) is -0.0152. The Kier molecular flexibility index (Phi) is 16.6. The van der Waals surface area contributed by atoms with E-state index in [-0.39, 0.29) is 54.9 Å². The Morgan fingerprint density at radius 2 is 0.867 bits per heavy atom. The van der Waals surface area contributed by atoms with E-state index in [1.165, 1.54) is 29.9 Å². The first-order valence-corrected chi connectivity index (χ1v) is 19.5. The standard InChI is InChI=1S/C31H32GeO2.C6H12NO3.Sn/c1-22-5-13-26(14-6-22)30(21-31(33)34)32(27-15-7-23(2)8-16-27,28-17-9-24(3)10-18-28)29-19-11-25(4)12-20-29;8-4-1-7(2-5-9)3-6-10;/h5-20,30H,21H2,1-4H3,(H,33,34);1-6H2;/q;-3;+4/p-1. The van der Waals surface area contributed by atoms with Crippen LogP contribution in [0.5, 0.6) is 0 Å². The quantitative estimate of drug-likeness (QED) is 0.175. The molecule has 45 heavy (non-hydrogen) atoms. The number of carboxylic acids is 1. The number of hydrogen-bond acceptors (Lipinski definition) is 6. The number of carbonyl (C=O) groups is 1. The molecule has 0 radical (unpaired) electrons. The number of aliphatic carboxylic acids is 1. The molecule has 0 aliphatic heterocycles. The maximum absolute atomic E-state index is 12.3. The molecule has 0 aliphatic rings. The van der Waals surface area contributed by atoms with Crippen LogP contribution in [0, 0.1) is 27.7 Å². The minimum Gasteiger partial charge on any atom is -0.854 e. The van der Waals surface area contributed by atoms with Gasteiger partial charge in [0.25, 0.3) is 0 Å². The first kappa shape index (κ1) is 38.7. The second-order valence-corrected chi connectivity index (χ2v) is 19.9. The molecule has 1 unspecified atom stereocenters. The molecule has 0 amide bonds. The molecular formula is C37H43GeNO5Sn. The van der Waals surface area contributed by atoms with Gasteiger partial charge in [0.1, 0.15) is 0 Å². The number of hydrogen-bond donors (Lipinski definition) is 0. The maximum Gasteiger partial charge on any atom is 4.00 e. The Balaban J connectivity index is 0.000000555. The van der Waals surface area contributed by atoms with E-state index in [9.17, 15) is 25.2 Å². The van der Waals surface area contributed by atoms with Crippen LogP contribution in [0.15, 0.2) is 97.1 Å². The average molecular weight is 773 g/mol. The molecule has 0 bridgehead atoms. The summed E-state index contributed by atoms with van der Waals surface area (Å²) in [6.45, 7) is 8.60. The molecule has 0 fully saturated rings. The van der Waals surface area contributed by atoms with Gasteiger partial charge in [-0.15, -0.1) is 19.8 Å². The minimum atomic E-state index is -3.62. The summed E-state index contributed by atoms with van der Waals surface area (Å²) >= 11 is -3.62. The molecule has 4 aromatic carbocycles. The number of carboxylic acid groups (broad SMARTS) is 1. The summed E-state index contributed by atoms with van der Waals surface area (Å²) in [4.78, 5) is 13.9. The molecule has 0 N–H and O–H groups in total. The summed E-state index contributed by atoms with van der Waals surface area (Å²) in [5.74, 6) is -1.01. The van der Waals surface area contributed by atoms with E-state index in [2.05, 4.69) is 125 Å². The van der Waals surface area contributed by atoms with Gasteiger partial charge < -0.3 is 20.2 Å². The monoisotopic (exact) mass is 775 g/mol. The van der Waals surface area contributed by atoms with E-state index in [0.29, 0.717) is 19.6 Å². The summed E-state index contributed by atoms with van der Waals surface area (Å²) in [6, 6.07) is 34.7. The average Bonchev–Trinajstić information content (AvgIpc) is 3.00. The van der Waals surface area contributed by atoms with E-state index >= 15 is 0 Å². The second-order valence-electron chi connectivity index (χ2n) is 11.4. The Morgan fingerprint density at radius 1 is 0.578 bits per heavy atom. The van der Waals surface area contributed by atoms with Crippen LogP contribution in [0.3, 0.4) is 0 Å². The van der Waals surface area contributed by atoms with Gasteiger partial charge in [0.2, 0.25) is 0 Å². The van der Waals surface area contributed by atoms with Crippen LogP contribution >= 0.6 is 0 Å². The maximum atomic E-state index is 12.3. The molecule has 0 heterocycles. The molecule has 234 valence electrons. The van der Waals surface area contributed by atoms with Gasteiger partial charge in [-0.05, 0) is 19.6 Å². The Bertz CT molecular complexity index is 1300. The Morgan fingerprint density at radius 3 is 1.13 bits per heavy atom. The van der Waals surface area contributed by atoms with Crippen molar-refractivity contribution >= 4 is 56.3 Å². The number of carbonyl (C=O) groups excluding carboxylic acids is 1. The van der Waals surface area contributed by atoms with Gasteiger partial charge in [0.15, 0.2) is 0 Å². The zero-order chi connectivity index (χ0) is 32.1. The summed E-state index contributed by atoms with van der Waals surface area (Å²) in [5.41, 5.74) is 5.81. The van der Waals surface area contributed by atoms with Crippen molar-refractivity contribution in [2.75, 3.05) is 39.5 Å². The predicted octanol–water partition coefficient (Wildman–Crippen LogP) is -0.158. The largest absolute Gasteiger partial charge is 4.00 e. The SMILES string of the molecule is Cc1ccc([CH](CC(=O)[O-])[Ge]([c]2ccc(C)cc2)([c]2ccc(C)cc2)[c]2ccc(C)cc2)cc1.[O-]CCN(CC[O-])CC[O-].[Sn+4]. The fraction of sp³-hybridized carbons (Fsp3) is 0.324. The molecule has 0 saturated carbocycles. The zero-order valence-electron chi connectivity index (χ0n) is 26.8. The minimum absolute atomic E-state index is 0. The molecule has 0 saturated heterocycles. The third-order valence-electron chi connectivity index (χ3n) is 8.12. The van der Waals surface area contributed by atoms with Crippen molar-refractivity contribution in [2.45, 2.75) is 38.9 Å². The van der Waals surface area contributed by atoms with Crippen molar-refractivity contribution in [3.63, 3.8) is 0 Å². The molecule has 1 atom stereocenters. The van der Waals surface area contributed by atoms with Gasteiger partial charge in [0, 0.05) is 0 Å². The fourth-order valence-corrected chi connectivity index (χ4v) is 17.2. The van der Waals surface area contributed by atoms with Crippen LogP contribution < -0.4 is 33.6 Å². The van der Waals surface area contributed by atoms with E-state index in [1.54, 1.807) is 4.90 Å². The molecule has 4 rings (SSSR count). The van der Waals surface area contributed by atoms with Gasteiger partial charge in [-0.25, -0.2) is 0 Å². The third kappa shape index (κ3) is 10.5. The smallest absolute Gasteiger partial charge is 0.854 e. The first-order valence-electron chi connectivity index (χ1n) is 15.1. The normalized spacial score (nSPS) is 11.7. The van der Waals surface area contributed by atoms with Gasteiger partial charge in [-0.2, -0.15) is 0 Å². The van der Waals surface area contributed by atoms with Crippen LogP contribution in [0.25, 0.3) is 0 Å². The second kappa shape index (κ2) is 19.3. The van der Waals surface area contributed by atoms with Crippen LogP contribution in [0.4, 0.5) is 0 Å². The number of benzene rings is 4. The zero-order valence-corrected chi connectivity index (χ0v) is 31.7. The van der Waals surface area contributed by atoms with Crippen LogP contribution in [0.1, 0.15) is 39.0 Å². The van der Waals surface area contributed by atoms with Gasteiger partial charge in [-0.3, -0.25) is 0 Å². The van der Waals surface area contributed by atoms with E-state index in [1.807, 2.05) is 0 Å². The van der Waals surface area contributed by atoms with Crippen molar-refractivity contribution in [2.24, 2.45) is 0 Å². The van der Waals surface area contributed by atoms with Crippen molar-refractivity contribution < 1.29 is 25.2 Å². The van der Waals surface area contributed by atoms with E-state index in [4.69, 9.17) is 0 Å². The van der Waals surface area contributed by atoms with E-state index < -0.39 is 19.2 Å². The van der Waals surface area contributed by atoms with Crippen molar-refractivity contribution in [3.8, 4) is 0 Å². The van der Waals surface area contributed by atoms with Gasteiger partial charge >= 0.3 is 230 Å². The number of aryl methyl sites for hydroxylation is 4. The molecule has 6 nitrogen and oxygen atoms in total. The molecule has 4 aromatic rings. The van der Waals surface area contributed by atoms with Crippen molar-refractivity contribution in [1.82, 2.24) is 4.90 Å². The summed E-state index contributed by atoms with van der Waals surface area (Å²) < 4.78 is 3.58. The summed E-state index contributed by atoms with van der Waals surface area (Å²) in [7, 11) is 0. The Hall–Kier alpha value is -2.47. The van der Waals surface area contributed by atoms with Crippen molar-refractivity contribution in [1.29, 1.82) is 0 Å². The molecule has 0 aliphatic carbocycles. The molecule has 0 aromatic heterocycles. The number of rotatable bonds is 13. The predicted molar refractivity (Wildman–Crippen MR) is 179 cm³/mol. The van der Waals surface area contributed by atoms with Crippen LogP contribution in [0.2, 0.25) is 0 Å². The number of nitrogens with zero attached hydrogens (tertiary/aromatic N) is 1. The molecule has 0 spiro atoms. The van der Waals surface area contributed by atoms with Gasteiger partial charge in [0.05, 0.1) is 0 Å². The Labute approximate surface area is 288 Å². The van der Waals surface area contributed by atoms with Crippen LogP contribution in [-0.2, 0) is 4.79 Å².